The number of ether oxygens (including phenoxy) is 1. The Morgan fingerprint density at radius 2 is 2.00 bits per heavy atom. The predicted octanol–water partition coefficient (Wildman–Crippen LogP) is 1.75. The van der Waals surface area contributed by atoms with Crippen molar-refractivity contribution < 1.29 is 19.7 Å². The third-order valence-corrected chi connectivity index (χ3v) is 4.21. The van der Waals surface area contributed by atoms with Crippen LogP contribution in [0.4, 0.5) is 0 Å². The van der Waals surface area contributed by atoms with E-state index in [0.29, 0.717) is 23.6 Å². The molecular weight excluding hydrogens is 306 g/mol. The molecule has 0 heterocycles. The highest BCUT2D eigenvalue weighted by Gasteiger charge is 2.37. The van der Waals surface area contributed by atoms with Crippen LogP contribution in [0.25, 0.3) is 0 Å². The molecule has 1 aliphatic rings. The second-order valence-electron chi connectivity index (χ2n) is 6.22. The second kappa shape index (κ2) is 6.86. The molecule has 0 aliphatic heterocycles. The molecule has 1 fully saturated rings. The van der Waals surface area contributed by atoms with E-state index in [0.717, 1.165) is 0 Å². The number of aliphatic hydroxyl groups excluding tert-OH is 2. The fourth-order valence-electron chi connectivity index (χ4n) is 2.62. The predicted molar refractivity (Wildman–Crippen MR) is 83.9 cm³/mol. The Hall–Kier alpha value is -1.30. The highest BCUT2D eigenvalue weighted by Crippen LogP contribution is 2.27. The van der Waals surface area contributed by atoms with Gasteiger partial charge in [0.25, 0.3) is 5.91 Å². The van der Waals surface area contributed by atoms with Crippen LogP contribution in [0.1, 0.15) is 26.7 Å². The van der Waals surface area contributed by atoms with E-state index >= 15 is 0 Å². The van der Waals surface area contributed by atoms with Gasteiger partial charge in [0, 0.05) is 23.6 Å². The summed E-state index contributed by atoms with van der Waals surface area (Å²) in [6.45, 7) is 3.30. The van der Waals surface area contributed by atoms with Crippen molar-refractivity contribution in [1.82, 2.24) is 5.32 Å². The molecule has 1 amide bonds. The number of amides is 1. The van der Waals surface area contributed by atoms with Crippen LogP contribution in [-0.2, 0) is 4.79 Å². The molecule has 0 radical (unpaired) electrons. The van der Waals surface area contributed by atoms with Gasteiger partial charge < -0.3 is 20.3 Å². The summed E-state index contributed by atoms with van der Waals surface area (Å²) in [6, 6.07) is 6.66. The van der Waals surface area contributed by atoms with Crippen LogP contribution >= 0.6 is 11.6 Å². The van der Waals surface area contributed by atoms with Crippen LogP contribution in [-0.4, -0.2) is 40.5 Å². The van der Waals surface area contributed by atoms with Crippen LogP contribution in [0, 0.1) is 5.92 Å². The molecule has 6 heteroatoms. The summed E-state index contributed by atoms with van der Waals surface area (Å²) < 4.78 is 5.73. The normalized spacial score (nSPS) is 25.0. The molecule has 1 aromatic rings. The Morgan fingerprint density at radius 1 is 1.36 bits per heavy atom. The van der Waals surface area contributed by atoms with E-state index in [1.807, 2.05) is 0 Å². The van der Waals surface area contributed by atoms with Crippen molar-refractivity contribution in [3.8, 4) is 5.75 Å². The molecular formula is C16H22ClNO4. The molecule has 3 unspecified atom stereocenters. The molecule has 1 saturated carbocycles. The van der Waals surface area contributed by atoms with Gasteiger partial charge in [-0.15, -0.1) is 0 Å². The molecule has 3 N–H and O–H groups in total. The number of carbonyl (C=O) groups is 1. The van der Waals surface area contributed by atoms with Crippen molar-refractivity contribution >= 4 is 17.5 Å². The maximum absolute atomic E-state index is 12.4. The van der Waals surface area contributed by atoms with Crippen LogP contribution in [0.5, 0.6) is 5.75 Å². The first-order valence-corrected chi connectivity index (χ1v) is 7.74. The van der Waals surface area contributed by atoms with E-state index in [1.54, 1.807) is 38.1 Å². The number of hydrogen-bond acceptors (Lipinski definition) is 4. The zero-order valence-corrected chi connectivity index (χ0v) is 13.5. The van der Waals surface area contributed by atoms with Gasteiger partial charge in [-0.25, -0.2) is 0 Å². The number of nitrogens with one attached hydrogen (secondary N) is 1. The third-order valence-electron chi connectivity index (χ3n) is 3.96. The summed E-state index contributed by atoms with van der Waals surface area (Å²) in [5, 5.41) is 22.4. The molecule has 1 aromatic carbocycles. The first-order valence-electron chi connectivity index (χ1n) is 7.36. The van der Waals surface area contributed by atoms with Gasteiger partial charge in [0.1, 0.15) is 5.75 Å². The number of halogens is 1. The fraction of sp³-hybridized carbons (Fsp3) is 0.562. The lowest BCUT2D eigenvalue weighted by Crippen LogP contribution is -2.49. The Bertz CT molecular complexity index is 517. The zero-order valence-electron chi connectivity index (χ0n) is 12.8. The molecule has 22 heavy (non-hydrogen) atoms. The van der Waals surface area contributed by atoms with Gasteiger partial charge in [-0.3, -0.25) is 4.79 Å². The van der Waals surface area contributed by atoms with Gasteiger partial charge in [0.15, 0.2) is 5.60 Å². The Balaban J connectivity index is 1.94. The van der Waals surface area contributed by atoms with Crippen molar-refractivity contribution in [1.29, 1.82) is 0 Å². The minimum absolute atomic E-state index is 0.0712. The van der Waals surface area contributed by atoms with Gasteiger partial charge >= 0.3 is 0 Å². The van der Waals surface area contributed by atoms with E-state index in [-0.39, 0.29) is 24.5 Å². The van der Waals surface area contributed by atoms with Gasteiger partial charge in [0.05, 0.1) is 6.10 Å². The maximum Gasteiger partial charge on any atom is 0.263 e. The molecule has 0 saturated heterocycles. The monoisotopic (exact) mass is 327 g/mol. The average molecular weight is 328 g/mol. The Morgan fingerprint density at radius 3 is 2.55 bits per heavy atom. The quantitative estimate of drug-likeness (QED) is 0.770. The van der Waals surface area contributed by atoms with E-state index < -0.39 is 11.7 Å². The minimum atomic E-state index is -1.05. The number of rotatable bonds is 5. The Kier molecular flexibility index (Phi) is 5.32. The summed E-state index contributed by atoms with van der Waals surface area (Å²) >= 11 is 5.82. The van der Waals surface area contributed by atoms with Gasteiger partial charge in [-0.2, -0.15) is 0 Å². The number of hydrogen-bond donors (Lipinski definition) is 3. The first-order chi connectivity index (χ1) is 10.3. The van der Waals surface area contributed by atoms with Crippen molar-refractivity contribution in [3.63, 3.8) is 0 Å². The SMILES string of the molecule is CC(C)(Oc1ccc(Cl)cc1)C(=O)NC1CC(O)C(CO)C1. The van der Waals surface area contributed by atoms with Crippen molar-refractivity contribution in [2.24, 2.45) is 5.92 Å². The second-order valence-corrected chi connectivity index (χ2v) is 6.65. The smallest absolute Gasteiger partial charge is 0.263 e. The molecule has 0 bridgehead atoms. The number of aliphatic hydroxyl groups is 2. The third kappa shape index (κ3) is 4.12. The molecule has 2 rings (SSSR count). The highest BCUT2D eigenvalue weighted by molar-refractivity contribution is 6.30. The van der Waals surface area contributed by atoms with Crippen LogP contribution in [0.3, 0.4) is 0 Å². The van der Waals surface area contributed by atoms with E-state index in [2.05, 4.69) is 5.32 Å². The maximum atomic E-state index is 12.4. The summed E-state index contributed by atoms with van der Waals surface area (Å²) in [4.78, 5) is 12.4. The first kappa shape index (κ1) is 17.1. The molecule has 5 nitrogen and oxygen atoms in total. The fourth-order valence-corrected chi connectivity index (χ4v) is 2.75. The summed E-state index contributed by atoms with van der Waals surface area (Å²) in [6.07, 6.45) is 0.449. The summed E-state index contributed by atoms with van der Waals surface area (Å²) in [5.74, 6) is 0.132. The molecule has 0 spiro atoms. The van der Waals surface area contributed by atoms with Crippen molar-refractivity contribution in [3.05, 3.63) is 29.3 Å². The largest absolute Gasteiger partial charge is 0.478 e. The zero-order chi connectivity index (χ0) is 16.3. The topological polar surface area (TPSA) is 78.8 Å². The van der Waals surface area contributed by atoms with Crippen molar-refractivity contribution in [2.45, 2.75) is 44.4 Å². The molecule has 122 valence electrons. The lowest BCUT2D eigenvalue weighted by atomic mass is 10.1. The molecule has 1 aliphatic carbocycles. The van der Waals surface area contributed by atoms with E-state index in [1.165, 1.54) is 0 Å². The summed E-state index contributed by atoms with van der Waals surface area (Å²) in [5.41, 5.74) is -1.05. The average Bonchev–Trinajstić information content (AvgIpc) is 2.81. The van der Waals surface area contributed by atoms with Gasteiger partial charge in [0.2, 0.25) is 0 Å². The molecule has 3 atom stereocenters. The van der Waals surface area contributed by atoms with Crippen LogP contribution in [0.2, 0.25) is 5.02 Å². The highest BCUT2D eigenvalue weighted by atomic mass is 35.5. The standard InChI is InChI=1S/C16H22ClNO4/c1-16(2,22-13-5-3-11(17)4-6-13)15(21)18-12-7-10(9-19)14(20)8-12/h3-6,10,12,14,19-20H,7-9H2,1-2H3,(H,18,21). The lowest BCUT2D eigenvalue weighted by Gasteiger charge is -2.27. The number of carbonyl (C=O) groups excluding carboxylic acids is 1. The van der Waals surface area contributed by atoms with E-state index in [9.17, 15) is 9.90 Å². The minimum Gasteiger partial charge on any atom is -0.478 e. The van der Waals surface area contributed by atoms with Crippen LogP contribution < -0.4 is 10.1 Å². The van der Waals surface area contributed by atoms with E-state index in [4.69, 9.17) is 21.4 Å². The van der Waals surface area contributed by atoms with Gasteiger partial charge in [-0.1, -0.05) is 11.6 Å². The van der Waals surface area contributed by atoms with Crippen molar-refractivity contribution in [2.75, 3.05) is 6.61 Å². The van der Waals surface area contributed by atoms with Gasteiger partial charge in [-0.05, 0) is 51.0 Å². The Labute approximate surface area is 135 Å². The lowest BCUT2D eigenvalue weighted by molar-refractivity contribution is -0.135. The van der Waals surface area contributed by atoms with Crippen LogP contribution in [0.15, 0.2) is 24.3 Å². The molecule has 0 aromatic heterocycles. The summed E-state index contributed by atoms with van der Waals surface area (Å²) in [7, 11) is 0. The number of benzene rings is 1.